The van der Waals surface area contributed by atoms with Gasteiger partial charge in [0.1, 0.15) is 0 Å². The van der Waals surface area contributed by atoms with Gasteiger partial charge in [0.05, 0.1) is 62.8 Å². The first-order valence-electron chi connectivity index (χ1n) is 8.12. The van der Waals surface area contributed by atoms with E-state index in [1.165, 1.54) is 0 Å². The minimum absolute atomic E-state index is 0.00463. The van der Waals surface area contributed by atoms with Crippen LogP contribution in [-0.2, 0) is 0 Å². The van der Waals surface area contributed by atoms with Crippen LogP contribution in [0.4, 0.5) is 0 Å². The molecule has 0 radical (unpaired) electrons. The lowest BCUT2D eigenvalue weighted by atomic mass is 10.2. The second-order valence-electron chi connectivity index (χ2n) is 4.01. The molecule has 0 bridgehead atoms. The van der Waals surface area contributed by atoms with E-state index in [-0.39, 0.29) is 14.4 Å². The summed E-state index contributed by atoms with van der Waals surface area (Å²) < 4.78 is 10.8. The van der Waals surface area contributed by atoms with E-state index in [2.05, 4.69) is 26.7 Å². The van der Waals surface area contributed by atoms with Crippen LogP contribution in [0.3, 0.4) is 0 Å². The Hall–Kier alpha value is -1.61. The standard InChI is InChI=1S/3C5H7N.H2N4P4.H2N3P3/c1-3-5(2)4-6;2*1-2-3-4-5-6;1-5-3-7-8-4-6-2;1-4-3-6-5-2/h3,5H,1H2,2H3;2-3H,4H2,1H3;2H,1,3-4H2;1-2H;1-2H. The maximum atomic E-state index is 8.01. The molecule has 0 amide bonds. The van der Waals surface area contributed by atoms with Gasteiger partial charge in [-0.1, -0.05) is 24.3 Å². The summed E-state index contributed by atoms with van der Waals surface area (Å²) in [6, 6.07) is 5.98. The van der Waals surface area contributed by atoms with E-state index in [9.17, 15) is 0 Å². The molecule has 0 aromatic rings. The molecule has 32 heavy (non-hydrogen) atoms. The quantitative estimate of drug-likeness (QED) is 0.123. The van der Waals surface area contributed by atoms with Gasteiger partial charge in [-0.3, -0.25) is 20.6 Å². The Morgan fingerprint density at radius 3 is 1.56 bits per heavy atom. The van der Waals surface area contributed by atoms with Crippen molar-refractivity contribution in [2.45, 2.75) is 33.1 Å². The average molecular weight is 562 g/mol. The number of nitrogens with zero attached hydrogens (tertiary/aromatic N) is 6. The van der Waals surface area contributed by atoms with Crippen molar-refractivity contribution in [3.05, 3.63) is 37.5 Å². The zero-order valence-electron chi connectivity index (χ0n) is 17.7. The number of hydrogen-bond donors (Lipinski definition) is 4. The summed E-state index contributed by atoms with van der Waals surface area (Å²) in [6.07, 6.45) is 8.99. The first kappa shape index (κ1) is 40.7. The van der Waals surface area contributed by atoms with Gasteiger partial charge < -0.3 is 0 Å². The van der Waals surface area contributed by atoms with Gasteiger partial charge >= 0.3 is 0 Å². The van der Waals surface area contributed by atoms with Crippen molar-refractivity contribution in [3.63, 3.8) is 0 Å². The summed E-state index contributed by atoms with van der Waals surface area (Å²) in [4.78, 5) is 0. The van der Waals surface area contributed by atoms with Crippen LogP contribution in [0.1, 0.15) is 33.1 Å². The van der Waals surface area contributed by atoms with Gasteiger partial charge in [0.2, 0.25) is 0 Å². The Morgan fingerprint density at radius 2 is 1.41 bits per heavy atom. The van der Waals surface area contributed by atoms with Crippen molar-refractivity contribution in [3.8, 4) is 18.2 Å². The van der Waals surface area contributed by atoms with Gasteiger partial charge in [-0.15, -0.1) is 13.2 Å². The predicted molar refractivity (Wildman–Crippen MR) is 142 cm³/mol. The smallest absolute Gasteiger partial charge is 0.150 e. The molecular formula is C15H25N10P7. The Balaban J connectivity index is -0.0000000955. The largest absolute Gasteiger partial charge is 0.274 e. The predicted octanol–water partition coefficient (Wildman–Crippen LogP) is 12.1. The molecule has 4 N–H and O–H groups in total. The van der Waals surface area contributed by atoms with Crippen LogP contribution in [0.5, 0.6) is 0 Å². The third-order valence-electron chi connectivity index (χ3n) is 1.80. The lowest BCUT2D eigenvalue weighted by molar-refractivity contribution is 0.960. The highest BCUT2D eigenvalue weighted by Crippen LogP contribution is 2.27. The van der Waals surface area contributed by atoms with E-state index in [0.29, 0.717) is 46.0 Å². The summed E-state index contributed by atoms with van der Waals surface area (Å²) in [7, 11) is 3.54. The van der Waals surface area contributed by atoms with E-state index >= 15 is 0 Å². The summed E-state index contributed by atoms with van der Waals surface area (Å²) in [5.74, 6) is 0.00463. The summed E-state index contributed by atoms with van der Waals surface area (Å²) >= 11 is 0. The van der Waals surface area contributed by atoms with E-state index in [0.717, 1.165) is 22.5 Å². The van der Waals surface area contributed by atoms with Gasteiger partial charge in [0.25, 0.3) is 0 Å². The monoisotopic (exact) mass is 562 g/mol. The van der Waals surface area contributed by atoms with Crippen LogP contribution >= 0.6 is 57.8 Å². The van der Waals surface area contributed by atoms with Crippen LogP contribution in [0.15, 0.2) is 51.0 Å². The lowest BCUT2D eigenvalue weighted by Crippen LogP contribution is -1.76. The number of nitrogens with one attached hydrogen (secondary N) is 4. The summed E-state index contributed by atoms with van der Waals surface area (Å²) in [5.41, 5.74) is 0. The molecule has 0 aliphatic rings. The molecule has 0 aliphatic carbocycles. The molecule has 17 heteroatoms. The molecule has 0 fully saturated rings. The second kappa shape index (κ2) is 51.8. The fourth-order valence-electron chi connectivity index (χ4n) is 0.506. The van der Waals surface area contributed by atoms with E-state index in [4.69, 9.17) is 36.4 Å². The van der Waals surface area contributed by atoms with Gasteiger partial charge in [0.15, 0.2) is 25.6 Å². The van der Waals surface area contributed by atoms with E-state index in [1.807, 2.05) is 37.3 Å². The topological polar surface area (TPSA) is 204 Å². The Kier molecular flexibility index (Phi) is 65.9. The molecule has 0 aromatic carbocycles. The van der Waals surface area contributed by atoms with E-state index in [1.54, 1.807) is 19.1 Å². The second-order valence-corrected chi connectivity index (χ2v) is 9.70. The number of allylic oxidation sites excluding steroid dienone is 4. The van der Waals surface area contributed by atoms with Crippen LogP contribution in [0.25, 0.3) is 0 Å². The molecule has 1 atom stereocenters. The van der Waals surface area contributed by atoms with Gasteiger partial charge in [-0.05, 0) is 20.3 Å². The Labute approximate surface area is 202 Å². The average Bonchev–Trinajstić information content (AvgIpc) is 2.83. The van der Waals surface area contributed by atoms with Gasteiger partial charge in [0, 0.05) is 6.42 Å². The number of nitriles is 3. The molecule has 0 aliphatic heterocycles. The molecule has 0 rings (SSSR count). The number of hydrogen-bond acceptors (Lipinski definition) is 7. The van der Waals surface area contributed by atoms with Crippen LogP contribution in [0.2, 0.25) is 0 Å². The molecule has 170 valence electrons. The summed E-state index contributed by atoms with van der Waals surface area (Å²) in [6.45, 7) is 10.6. The molecule has 0 heterocycles. The van der Waals surface area contributed by atoms with E-state index < -0.39 is 0 Å². The fourth-order valence-corrected chi connectivity index (χ4v) is 3.52. The SMILES string of the molecule is C=CC(C)C#N.C=CCCC#N.CC=CCC#N.N=PN=PP=N.N=PN=PP=NP=N. The lowest BCUT2D eigenvalue weighted by Gasteiger charge is -1.80. The molecule has 0 aromatic heterocycles. The van der Waals surface area contributed by atoms with Crippen molar-refractivity contribution in [1.29, 1.82) is 36.4 Å². The zero-order valence-corrected chi connectivity index (χ0v) is 24.0. The molecule has 0 saturated heterocycles. The van der Waals surface area contributed by atoms with Crippen LogP contribution in [-0.4, -0.2) is 0 Å². The molecule has 10 nitrogen and oxygen atoms in total. The first-order valence-corrected chi connectivity index (χ1v) is 15.5. The summed E-state index contributed by atoms with van der Waals surface area (Å²) in [5, 5.41) is 49.8. The molecular weight excluding hydrogens is 537 g/mol. The van der Waals surface area contributed by atoms with Crippen molar-refractivity contribution in [2.75, 3.05) is 0 Å². The Bertz CT molecular complexity index is 704. The maximum absolute atomic E-state index is 8.01. The maximum Gasteiger partial charge on any atom is 0.150 e. The first-order chi connectivity index (χ1) is 15.5. The third-order valence-corrected chi connectivity index (χ3v) is 6.67. The minimum Gasteiger partial charge on any atom is -0.274 e. The molecule has 1 unspecified atom stereocenters. The highest BCUT2D eigenvalue weighted by molar-refractivity contribution is 8.03. The van der Waals surface area contributed by atoms with Crippen molar-refractivity contribution in [1.82, 2.24) is 0 Å². The molecule has 0 saturated carbocycles. The normalized spacial score (nSPS) is 10.3. The fraction of sp³-hybridized carbons (Fsp3) is 0.400. The number of unbranched alkanes of at least 4 members (excludes halogenated alkanes) is 1. The number of rotatable bonds is 9. The highest BCUT2D eigenvalue weighted by atomic mass is 32.0. The highest BCUT2D eigenvalue weighted by Gasteiger charge is 1.83. The van der Waals surface area contributed by atoms with Crippen LogP contribution < -0.4 is 0 Å². The Morgan fingerprint density at radius 1 is 0.906 bits per heavy atom. The zero-order chi connectivity index (χ0) is 25.7. The van der Waals surface area contributed by atoms with Crippen molar-refractivity contribution >= 4 is 57.8 Å². The van der Waals surface area contributed by atoms with Crippen molar-refractivity contribution in [2.24, 2.45) is 19.5 Å². The minimum atomic E-state index is 0.00463. The van der Waals surface area contributed by atoms with Crippen LogP contribution in [0, 0.1) is 60.6 Å². The van der Waals surface area contributed by atoms with Crippen molar-refractivity contribution < 1.29 is 0 Å². The molecule has 0 spiro atoms. The third kappa shape index (κ3) is 79.3. The van der Waals surface area contributed by atoms with Gasteiger partial charge in [-0.25, -0.2) is 0 Å². The van der Waals surface area contributed by atoms with Gasteiger partial charge in [-0.2, -0.15) is 29.3 Å².